The summed E-state index contributed by atoms with van der Waals surface area (Å²) in [5, 5.41) is 48.0. The third kappa shape index (κ3) is 5.77. The summed E-state index contributed by atoms with van der Waals surface area (Å²) in [6.07, 6.45) is 0. The fourth-order valence-electron chi connectivity index (χ4n) is 4.29. The predicted octanol–water partition coefficient (Wildman–Crippen LogP) is 5.93. The second kappa shape index (κ2) is 11.3. The average molecular weight is 603 g/mol. The van der Waals surface area contributed by atoms with E-state index in [1.807, 2.05) is 0 Å². The van der Waals surface area contributed by atoms with Crippen molar-refractivity contribution in [2.75, 3.05) is 5.73 Å². The minimum absolute atomic E-state index is 0.0188. The fraction of sp³-hybridized carbons (Fsp3) is 0. The smallest absolute Gasteiger partial charge is 0.446 e. The molecule has 0 aliphatic heterocycles. The number of benzene rings is 5. The summed E-state index contributed by atoms with van der Waals surface area (Å²) in [6.45, 7) is 0. The standard InChI is InChI=1S/C28H20N6O8S/c29-17-6-5-14-12-24(43(40,41)42-30)25(26(35)21(14)13-17)34-33-23-8-7-22(19-3-1-2-4-20(19)23)32-31-18-10-15(27(36)37)9-16(11-18)28(38)39/h1-13H,30H3,(H4-2,29,31,32,33,34,35,36,37,38,39,40,41)/p+2. The third-order valence-corrected chi connectivity index (χ3v) is 7.52. The number of phenolic OH excluding ortho intramolecular Hbond substituents is 1. The zero-order valence-electron chi connectivity index (χ0n) is 21.9. The van der Waals surface area contributed by atoms with Gasteiger partial charge in [0.05, 0.1) is 32.5 Å². The van der Waals surface area contributed by atoms with Crippen molar-refractivity contribution in [1.29, 1.82) is 0 Å². The number of phenols is 1. The van der Waals surface area contributed by atoms with Crippen LogP contribution in [0.15, 0.2) is 104 Å². The number of carboxylic acids is 2. The molecule has 0 heterocycles. The number of hydrogen-bond donors (Lipinski definition) is 6. The highest BCUT2D eigenvalue weighted by atomic mass is 32.3. The summed E-state index contributed by atoms with van der Waals surface area (Å²) >= 11 is 0. The number of carboxylic acid groups (broad SMARTS) is 2. The zero-order chi connectivity index (χ0) is 30.9. The highest BCUT2D eigenvalue weighted by Crippen LogP contribution is 2.44. The van der Waals surface area contributed by atoms with Crippen molar-refractivity contribution in [3.8, 4) is 5.75 Å². The maximum atomic E-state index is 12.8. The van der Waals surface area contributed by atoms with Crippen molar-refractivity contribution >= 4 is 72.4 Å². The number of nitrogens with two attached hydrogens (primary N) is 1. The lowest BCUT2D eigenvalue weighted by molar-refractivity contribution is -0.637. The van der Waals surface area contributed by atoms with Crippen molar-refractivity contribution in [3.05, 3.63) is 90.0 Å². The van der Waals surface area contributed by atoms with Crippen LogP contribution in [0, 0.1) is 0 Å². The molecule has 5 aromatic carbocycles. The van der Waals surface area contributed by atoms with Crippen LogP contribution >= 0.6 is 0 Å². The van der Waals surface area contributed by atoms with Gasteiger partial charge in [-0.15, -0.1) is 19.9 Å². The first-order valence-corrected chi connectivity index (χ1v) is 13.6. The molecule has 43 heavy (non-hydrogen) atoms. The van der Waals surface area contributed by atoms with Crippen molar-refractivity contribution < 1.29 is 43.9 Å². The highest BCUT2D eigenvalue weighted by Gasteiger charge is 2.39. The molecule has 5 rings (SSSR count). The second-order valence-electron chi connectivity index (χ2n) is 9.07. The molecular weight excluding hydrogens is 580 g/mol. The second-order valence-corrected chi connectivity index (χ2v) is 10.7. The van der Waals surface area contributed by atoms with Crippen LogP contribution in [-0.2, 0) is 19.0 Å². The van der Waals surface area contributed by atoms with Gasteiger partial charge in [0.25, 0.3) is 4.90 Å². The summed E-state index contributed by atoms with van der Waals surface area (Å²) in [5.74, 6) is -0.0204. The Balaban J connectivity index is 1.60. The van der Waals surface area contributed by atoms with E-state index in [-0.39, 0.29) is 32.8 Å². The molecule has 0 radical (unpaired) electrons. The SMILES string of the molecule is Nc1ccc2cc([S+](=O)(O)O[NH3+])c(N=Nc3ccc(N=Nc4cc(C(=O)O)cc(C(=O)O)c4)c4ccccc34)c(O)c2c1. The lowest BCUT2D eigenvalue weighted by Crippen LogP contribution is -2.52. The number of azo groups is 2. The van der Waals surface area contributed by atoms with E-state index in [9.17, 15) is 33.7 Å². The number of hydrogen-bond acceptors (Lipinski definition) is 10. The van der Waals surface area contributed by atoms with Gasteiger partial charge in [-0.2, -0.15) is 11.0 Å². The molecule has 0 aliphatic carbocycles. The van der Waals surface area contributed by atoms with Crippen LogP contribution in [0.4, 0.5) is 28.4 Å². The predicted molar refractivity (Wildman–Crippen MR) is 156 cm³/mol. The Morgan fingerprint density at radius 2 is 1.35 bits per heavy atom. The molecule has 1 unspecified atom stereocenters. The number of aromatic hydroxyl groups is 1. The Morgan fingerprint density at radius 3 is 1.91 bits per heavy atom. The maximum absolute atomic E-state index is 12.8. The molecule has 9 N–H and O–H groups in total. The number of carbonyl (C=O) groups is 2. The first kappa shape index (κ1) is 28.9. The monoisotopic (exact) mass is 602 g/mol. The Labute approximate surface area is 243 Å². The Kier molecular flexibility index (Phi) is 7.62. The number of aromatic carboxylic acids is 2. The minimum Gasteiger partial charge on any atom is -0.505 e. The van der Waals surface area contributed by atoms with E-state index >= 15 is 0 Å². The molecule has 5 aromatic rings. The van der Waals surface area contributed by atoms with Gasteiger partial charge in [0.15, 0.2) is 11.4 Å². The van der Waals surface area contributed by atoms with Crippen LogP contribution in [0.1, 0.15) is 20.7 Å². The van der Waals surface area contributed by atoms with Crippen molar-refractivity contribution in [2.45, 2.75) is 4.90 Å². The van der Waals surface area contributed by atoms with E-state index in [1.165, 1.54) is 24.3 Å². The van der Waals surface area contributed by atoms with Crippen LogP contribution in [-0.4, -0.2) is 31.8 Å². The van der Waals surface area contributed by atoms with Crippen molar-refractivity contribution in [3.63, 3.8) is 0 Å². The van der Waals surface area contributed by atoms with E-state index in [4.69, 9.17) is 5.73 Å². The van der Waals surface area contributed by atoms with E-state index < -0.39 is 28.2 Å². The largest absolute Gasteiger partial charge is 0.505 e. The molecule has 216 valence electrons. The van der Waals surface area contributed by atoms with Gasteiger partial charge in [0.1, 0.15) is 0 Å². The molecule has 0 aliphatic rings. The van der Waals surface area contributed by atoms with E-state index in [2.05, 4.69) is 30.6 Å². The Hall–Kier alpha value is -5.61. The third-order valence-electron chi connectivity index (χ3n) is 6.34. The van der Waals surface area contributed by atoms with Gasteiger partial charge < -0.3 is 21.1 Å². The van der Waals surface area contributed by atoms with Gasteiger partial charge in [0.2, 0.25) is 0 Å². The molecule has 0 amide bonds. The lowest BCUT2D eigenvalue weighted by Gasteiger charge is -2.08. The van der Waals surface area contributed by atoms with Crippen molar-refractivity contribution in [1.82, 2.24) is 0 Å². The van der Waals surface area contributed by atoms with Gasteiger partial charge in [-0.05, 0) is 52.1 Å². The number of quaternary nitrogens is 1. The van der Waals surface area contributed by atoms with Crippen LogP contribution in [0.5, 0.6) is 5.75 Å². The highest BCUT2D eigenvalue weighted by molar-refractivity contribution is 7.93. The van der Waals surface area contributed by atoms with Gasteiger partial charge in [-0.25, -0.2) is 9.59 Å². The normalized spacial score (nSPS) is 13.2. The summed E-state index contributed by atoms with van der Waals surface area (Å²) in [7, 11) is -4.16. The molecule has 0 saturated carbocycles. The van der Waals surface area contributed by atoms with E-state index in [0.29, 0.717) is 33.2 Å². The summed E-state index contributed by atoms with van der Waals surface area (Å²) < 4.78 is 27.7. The summed E-state index contributed by atoms with van der Waals surface area (Å²) in [6, 6.07) is 19.3. The number of fused-ring (bicyclic) bond motifs is 2. The number of nitrogens with zero attached hydrogens (tertiary/aromatic N) is 4. The van der Waals surface area contributed by atoms with E-state index in [1.54, 1.807) is 48.5 Å². The Morgan fingerprint density at radius 1 is 0.767 bits per heavy atom. The average Bonchev–Trinajstić information content (AvgIpc) is 2.99. The molecule has 0 spiro atoms. The quantitative estimate of drug-likeness (QED) is 0.0532. The topological polar surface area (TPSA) is 244 Å². The zero-order valence-corrected chi connectivity index (χ0v) is 22.7. The first-order valence-electron chi connectivity index (χ1n) is 12.2. The molecule has 0 fully saturated rings. The van der Waals surface area contributed by atoms with Gasteiger partial charge in [-0.3, -0.25) is 0 Å². The molecule has 0 bridgehead atoms. The van der Waals surface area contributed by atoms with Crippen LogP contribution in [0.25, 0.3) is 21.5 Å². The maximum Gasteiger partial charge on any atom is 0.446 e. The molecule has 0 aromatic heterocycles. The van der Waals surface area contributed by atoms with Crippen LogP contribution in [0.3, 0.4) is 0 Å². The number of rotatable bonds is 8. The molecule has 15 heteroatoms. The summed E-state index contributed by atoms with van der Waals surface area (Å²) in [4.78, 5) is 22.5. The fourth-order valence-corrected chi connectivity index (χ4v) is 5.07. The van der Waals surface area contributed by atoms with Crippen molar-refractivity contribution in [2.24, 2.45) is 20.5 Å². The molecular formula is C28H22N6O8S+2. The van der Waals surface area contributed by atoms with Gasteiger partial charge in [-0.1, -0.05) is 30.3 Å². The van der Waals surface area contributed by atoms with E-state index in [0.717, 1.165) is 6.07 Å². The van der Waals surface area contributed by atoms with Gasteiger partial charge >= 0.3 is 22.4 Å². The molecule has 14 nitrogen and oxygen atoms in total. The van der Waals surface area contributed by atoms with Crippen LogP contribution < -0.4 is 11.6 Å². The number of anilines is 1. The molecule has 1 atom stereocenters. The summed E-state index contributed by atoms with van der Waals surface area (Å²) in [5.41, 5.74) is 6.03. The number of nitrogen functional groups attached to an aromatic ring is 1. The van der Waals surface area contributed by atoms with Crippen LogP contribution in [0.2, 0.25) is 0 Å². The minimum atomic E-state index is -4.16. The Bertz CT molecular complexity index is 2030. The molecule has 0 saturated heterocycles. The first-order chi connectivity index (χ1) is 20.5. The lowest BCUT2D eigenvalue weighted by atomic mass is 10.1. The van der Waals surface area contributed by atoms with Gasteiger partial charge in [0, 0.05) is 27.9 Å².